The summed E-state index contributed by atoms with van der Waals surface area (Å²) in [6, 6.07) is 0. The standard InChI is InChI=1S/C12H16N4O2/c17-9-11-5-1-3-7-15(11)13-14-16-8-4-2-6-12(16)10-18/h1-8H2. The summed E-state index contributed by atoms with van der Waals surface area (Å²) in [5.41, 5.74) is 1.08. The number of nitrogens with zero attached hydrogens (tertiary/aromatic N) is 4. The van der Waals surface area contributed by atoms with Gasteiger partial charge in [0.1, 0.15) is 23.3 Å². The molecule has 2 heterocycles. The summed E-state index contributed by atoms with van der Waals surface area (Å²) >= 11 is 0. The van der Waals surface area contributed by atoms with Crippen molar-refractivity contribution in [3.05, 3.63) is 11.4 Å². The zero-order valence-corrected chi connectivity index (χ0v) is 10.3. The molecule has 18 heavy (non-hydrogen) atoms. The summed E-state index contributed by atoms with van der Waals surface area (Å²) in [5.74, 6) is 3.81. The molecule has 0 N–H and O–H groups in total. The summed E-state index contributed by atoms with van der Waals surface area (Å²) < 4.78 is 0. The van der Waals surface area contributed by atoms with Gasteiger partial charge < -0.3 is 0 Å². The Hall–Kier alpha value is -1.90. The van der Waals surface area contributed by atoms with Crippen molar-refractivity contribution >= 4 is 11.9 Å². The Labute approximate surface area is 106 Å². The van der Waals surface area contributed by atoms with Crippen LogP contribution in [0.1, 0.15) is 38.5 Å². The summed E-state index contributed by atoms with van der Waals surface area (Å²) in [5, 5.41) is 11.2. The van der Waals surface area contributed by atoms with Gasteiger partial charge in [0.2, 0.25) is 0 Å². The van der Waals surface area contributed by atoms with Gasteiger partial charge >= 0.3 is 0 Å². The second-order valence-electron chi connectivity index (χ2n) is 4.44. The molecule has 2 aliphatic heterocycles. The highest BCUT2D eigenvalue weighted by atomic mass is 16.1. The van der Waals surface area contributed by atoms with E-state index >= 15 is 0 Å². The van der Waals surface area contributed by atoms with Gasteiger partial charge in [0.15, 0.2) is 0 Å². The van der Waals surface area contributed by atoms with Gasteiger partial charge in [-0.1, -0.05) is 0 Å². The highest BCUT2D eigenvalue weighted by molar-refractivity contribution is 5.52. The topological polar surface area (TPSA) is 65.3 Å². The van der Waals surface area contributed by atoms with Crippen LogP contribution in [0.5, 0.6) is 0 Å². The normalized spacial score (nSPS) is 21.1. The molecule has 0 spiro atoms. The lowest BCUT2D eigenvalue weighted by Crippen LogP contribution is -2.26. The second-order valence-corrected chi connectivity index (χ2v) is 4.44. The molecule has 2 rings (SSSR count). The Kier molecular flexibility index (Phi) is 4.29. The molecule has 2 aliphatic rings. The van der Waals surface area contributed by atoms with Crippen LogP contribution in [-0.2, 0) is 9.59 Å². The van der Waals surface area contributed by atoms with E-state index in [0.29, 0.717) is 37.3 Å². The molecule has 0 atom stereocenters. The van der Waals surface area contributed by atoms with Gasteiger partial charge in [0.05, 0.1) is 0 Å². The van der Waals surface area contributed by atoms with Crippen LogP contribution in [0.15, 0.2) is 21.8 Å². The zero-order valence-electron chi connectivity index (χ0n) is 10.3. The molecule has 0 aromatic rings. The molecule has 96 valence electrons. The molecule has 6 nitrogen and oxygen atoms in total. The van der Waals surface area contributed by atoms with E-state index in [9.17, 15) is 9.59 Å². The Morgan fingerprint density at radius 1 is 0.778 bits per heavy atom. The van der Waals surface area contributed by atoms with E-state index < -0.39 is 0 Å². The fraction of sp³-hybridized carbons (Fsp3) is 0.667. The van der Waals surface area contributed by atoms with E-state index in [1.54, 1.807) is 10.0 Å². The van der Waals surface area contributed by atoms with E-state index in [1.165, 1.54) is 0 Å². The fourth-order valence-corrected chi connectivity index (χ4v) is 2.14. The molecule has 0 unspecified atom stereocenters. The third kappa shape index (κ3) is 2.86. The van der Waals surface area contributed by atoms with Crippen molar-refractivity contribution in [1.82, 2.24) is 10.0 Å². The third-order valence-corrected chi connectivity index (χ3v) is 3.18. The van der Waals surface area contributed by atoms with Gasteiger partial charge in [-0.2, -0.15) is 0 Å². The van der Waals surface area contributed by atoms with Gasteiger partial charge in [-0.25, -0.2) is 19.6 Å². The molecule has 0 aromatic heterocycles. The minimum absolute atomic E-state index is 0.540. The smallest absolute Gasteiger partial charge is 0.147 e. The number of rotatable bonds is 2. The quantitative estimate of drug-likeness (QED) is 0.550. The maximum atomic E-state index is 10.8. The maximum Gasteiger partial charge on any atom is 0.147 e. The van der Waals surface area contributed by atoms with Crippen molar-refractivity contribution in [3.63, 3.8) is 0 Å². The van der Waals surface area contributed by atoms with E-state index in [0.717, 1.165) is 25.7 Å². The van der Waals surface area contributed by atoms with Gasteiger partial charge in [-0.15, -0.1) is 0 Å². The highest BCUT2D eigenvalue weighted by Gasteiger charge is 2.18. The van der Waals surface area contributed by atoms with Crippen LogP contribution in [0.3, 0.4) is 0 Å². The van der Waals surface area contributed by atoms with Crippen LogP contribution >= 0.6 is 0 Å². The van der Waals surface area contributed by atoms with E-state index in [-0.39, 0.29) is 0 Å². The molecule has 0 radical (unpaired) electrons. The molecule has 0 aliphatic carbocycles. The SMILES string of the molecule is O=C=C1CCCCN1N=NN1CCCCC1=C=O. The average molecular weight is 248 g/mol. The third-order valence-electron chi connectivity index (χ3n) is 3.18. The first kappa shape index (κ1) is 12.6. The van der Waals surface area contributed by atoms with Crippen LogP contribution < -0.4 is 0 Å². The van der Waals surface area contributed by atoms with Crippen LogP contribution in [0.2, 0.25) is 0 Å². The number of hydrogen-bond donors (Lipinski definition) is 0. The molecular weight excluding hydrogens is 232 g/mol. The molecule has 0 amide bonds. The Balaban J connectivity index is 2.04. The summed E-state index contributed by atoms with van der Waals surface area (Å²) in [4.78, 5) is 21.5. The van der Waals surface area contributed by atoms with Gasteiger partial charge in [0, 0.05) is 25.9 Å². The predicted octanol–water partition coefficient (Wildman–Crippen LogP) is 1.67. The Bertz CT molecular complexity index is 393. The van der Waals surface area contributed by atoms with Gasteiger partial charge in [0.25, 0.3) is 0 Å². The number of hydrogen-bond acceptors (Lipinski definition) is 4. The van der Waals surface area contributed by atoms with Crippen LogP contribution in [0.4, 0.5) is 0 Å². The van der Waals surface area contributed by atoms with Crippen molar-refractivity contribution < 1.29 is 9.59 Å². The lowest BCUT2D eigenvalue weighted by Gasteiger charge is -2.26. The van der Waals surface area contributed by atoms with Crippen molar-refractivity contribution in [2.75, 3.05) is 13.1 Å². The first-order valence-electron chi connectivity index (χ1n) is 6.30. The average Bonchev–Trinajstić information content (AvgIpc) is 2.45. The van der Waals surface area contributed by atoms with Crippen molar-refractivity contribution in [2.45, 2.75) is 38.5 Å². The second kappa shape index (κ2) is 6.15. The molecule has 6 heteroatoms. The van der Waals surface area contributed by atoms with Crippen molar-refractivity contribution in [3.8, 4) is 0 Å². The number of carbonyl (C=O) groups excluding carboxylic acids is 2. The molecule has 0 saturated carbocycles. The monoisotopic (exact) mass is 248 g/mol. The minimum atomic E-state index is 0.540. The van der Waals surface area contributed by atoms with E-state index in [4.69, 9.17) is 0 Å². The zero-order chi connectivity index (χ0) is 12.8. The predicted molar refractivity (Wildman–Crippen MR) is 64.4 cm³/mol. The summed E-state index contributed by atoms with van der Waals surface area (Å²) in [7, 11) is 0. The Morgan fingerprint density at radius 2 is 1.22 bits per heavy atom. The first-order valence-corrected chi connectivity index (χ1v) is 6.30. The van der Waals surface area contributed by atoms with Crippen LogP contribution in [0, 0.1) is 0 Å². The maximum absolute atomic E-state index is 10.8. The minimum Gasteiger partial charge on any atom is -0.239 e. The van der Waals surface area contributed by atoms with E-state index in [2.05, 4.69) is 10.4 Å². The molecule has 0 bridgehead atoms. The number of allylic oxidation sites excluding steroid dienone is 2. The van der Waals surface area contributed by atoms with Gasteiger partial charge in [-0.3, -0.25) is 0 Å². The first-order chi connectivity index (χ1) is 8.85. The van der Waals surface area contributed by atoms with Crippen LogP contribution in [0.25, 0.3) is 0 Å². The Morgan fingerprint density at radius 3 is 1.61 bits per heavy atom. The largest absolute Gasteiger partial charge is 0.239 e. The van der Waals surface area contributed by atoms with Crippen molar-refractivity contribution in [2.24, 2.45) is 10.4 Å². The summed E-state index contributed by atoms with van der Waals surface area (Å²) in [6.45, 7) is 1.37. The highest BCUT2D eigenvalue weighted by Crippen LogP contribution is 2.21. The summed E-state index contributed by atoms with van der Waals surface area (Å²) in [6.07, 6.45) is 5.33. The molecule has 0 aromatic carbocycles. The van der Waals surface area contributed by atoms with E-state index in [1.807, 2.05) is 11.9 Å². The van der Waals surface area contributed by atoms with Crippen molar-refractivity contribution in [1.29, 1.82) is 0 Å². The fourth-order valence-electron chi connectivity index (χ4n) is 2.14. The lowest BCUT2D eigenvalue weighted by atomic mass is 10.1. The van der Waals surface area contributed by atoms with Crippen LogP contribution in [-0.4, -0.2) is 35.0 Å². The molecule has 2 fully saturated rings. The number of piperidine rings is 2. The molecular formula is C12H16N4O2. The molecule has 2 saturated heterocycles. The van der Waals surface area contributed by atoms with Gasteiger partial charge in [-0.05, 0) is 36.1 Å². The lowest BCUT2D eigenvalue weighted by molar-refractivity contribution is 0.220.